The quantitative estimate of drug-likeness (QED) is 0.0131. The maximum Gasteiger partial charge on any atom is 0.250 e. The molecule has 2 fully saturated rings. The van der Waals surface area contributed by atoms with Gasteiger partial charge in [0.15, 0.2) is 38.8 Å². The maximum absolute atomic E-state index is 13.4. The zero-order chi connectivity index (χ0) is 63.0. The van der Waals surface area contributed by atoms with Gasteiger partial charge >= 0.3 is 0 Å². The Bertz CT molecular complexity index is 2530. The number of Topliss-reactive ketones (excluding diaryl/α,β-unsaturated/α-hetero) is 6. The molecule has 2 aliphatic heterocycles. The average molecular weight is 1250 g/mol. The van der Waals surface area contributed by atoms with E-state index in [4.69, 9.17) is 23.7 Å². The molecule has 2 heterocycles. The van der Waals surface area contributed by atoms with Crippen molar-refractivity contribution < 1.29 is 95.6 Å². The molecule has 1 unspecified atom stereocenters. The number of ether oxygens (including phenoxy) is 5. The second-order valence-corrected chi connectivity index (χ2v) is 23.2. The number of likely N-dealkylation sites (tertiary alicyclic amines) is 1. The van der Waals surface area contributed by atoms with Crippen molar-refractivity contribution in [2.45, 2.75) is 94.4 Å². The van der Waals surface area contributed by atoms with Crippen molar-refractivity contribution >= 4 is 127 Å². The molecule has 7 N–H and O–H groups in total. The van der Waals surface area contributed by atoms with Crippen LogP contribution in [0.25, 0.3) is 0 Å². The van der Waals surface area contributed by atoms with Gasteiger partial charge in [-0.15, -0.1) is 11.8 Å². The van der Waals surface area contributed by atoms with Crippen LogP contribution >= 0.6 is 33.3 Å². The van der Waals surface area contributed by atoms with Crippen LogP contribution in [0.2, 0.25) is 0 Å². The van der Waals surface area contributed by atoms with E-state index >= 15 is 0 Å². The standard InChI is InChI=1S/C54H76N8O20S3/c1-34(63)53(35(2)64,36(3)65)42(67)14-21-78-25-28-81-24-19-58-51(76)40(31-59-48(73)32-82-33-49(74)60-39-9-6-38(7-10-39)8-11-45(70)56-17-12-44(69)55-5)61-47(72)16-29-83-41-30-50(75)62(52(41)77)20-13-46(71)57-18-23-80-27-26-79-22-15-43(68)54(37(4)66)84-85-54/h6-7,9-10,40-41H,8,11-33H2,1-5H3,(H,55,69)(H,56,70)(H,57,71)(H,58,76)(H,59,73)(H,60,74)(H,61,72)/t40-,41?/m1/s1. The molecular weight excluding hydrogens is 1180 g/mol. The molecule has 9 amide bonds. The predicted molar refractivity (Wildman–Crippen MR) is 309 cm³/mol. The molecule has 0 aromatic heterocycles. The van der Waals surface area contributed by atoms with Gasteiger partial charge in [0.05, 0.1) is 58.1 Å². The number of benzene rings is 1. The lowest BCUT2D eigenvalue weighted by Crippen LogP contribution is -2.53. The minimum Gasteiger partial charge on any atom is -0.379 e. The summed E-state index contributed by atoms with van der Waals surface area (Å²) < 4.78 is 25.9. The van der Waals surface area contributed by atoms with Gasteiger partial charge in [-0.25, -0.2) is 0 Å². The molecule has 0 radical (unpaired) electrons. The number of anilines is 1. The summed E-state index contributed by atoms with van der Waals surface area (Å²) in [5.74, 6) is -8.40. The largest absolute Gasteiger partial charge is 0.379 e. The number of rotatable bonds is 46. The summed E-state index contributed by atoms with van der Waals surface area (Å²) in [6.07, 6.45) is -0.0586. The molecule has 1 aromatic rings. The van der Waals surface area contributed by atoms with Crippen molar-refractivity contribution in [1.82, 2.24) is 36.8 Å². The molecule has 28 nitrogen and oxygen atoms in total. The second-order valence-electron chi connectivity index (χ2n) is 19.1. The van der Waals surface area contributed by atoms with E-state index in [1.807, 2.05) is 0 Å². The highest BCUT2D eigenvalue weighted by Gasteiger charge is 2.57. The van der Waals surface area contributed by atoms with Gasteiger partial charge in [0.1, 0.15) is 19.3 Å². The summed E-state index contributed by atoms with van der Waals surface area (Å²) in [5, 5.41) is 17.2. The van der Waals surface area contributed by atoms with Crippen molar-refractivity contribution in [2.24, 2.45) is 5.41 Å². The lowest BCUT2D eigenvalue weighted by Gasteiger charge is -2.23. The zero-order valence-corrected chi connectivity index (χ0v) is 50.7. The molecule has 31 heteroatoms. The second kappa shape index (κ2) is 38.5. The zero-order valence-electron chi connectivity index (χ0n) is 48.3. The van der Waals surface area contributed by atoms with Gasteiger partial charge in [0, 0.05) is 96.2 Å². The third-order valence-electron chi connectivity index (χ3n) is 12.8. The summed E-state index contributed by atoms with van der Waals surface area (Å²) in [6.45, 7) is 3.30. The number of aryl methyl sites for hydroxylation is 1. The molecule has 470 valence electrons. The van der Waals surface area contributed by atoms with Crippen LogP contribution < -0.4 is 37.2 Å². The van der Waals surface area contributed by atoms with E-state index in [9.17, 15) is 71.9 Å². The van der Waals surface area contributed by atoms with Gasteiger partial charge in [0.2, 0.25) is 58.6 Å². The van der Waals surface area contributed by atoms with E-state index in [1.54, 1.807) is 24.3 Å². The first-order chi connectivity index (χ1) is 40.5. The number of amides is 9. The Morgan fingerprint density at radius 1 is 0.612 bits per heavy atom. The van der Waals surface area contributed by atoms with E-state index in [-0.39, 0.29) is 153 Å². The van der Waals surface area contributed by atoms with E-state index < -0.39 is 105 Å². The Morgan fingerprint density at radius 2 is 1.18 bits per heavy atom. The fourth-order valence-electron chi connectivity index (χ4n) is 8.07. The summed E-state index contributed by atoms with van der Waals surface area (Å²) in [5.41, 5.74) is -1.13. The van der Waals surface area contributed by atoms with Crippen LogP contribution in [0.1, 0.15) is 78.2 Å². The fourth-order valence-corrected chi connectivity index (χ4v) is 11.4. The normalized spacial score (nSPS) is 14.6. The highest BCUT2D eigenvalue weighted by Crippen LogP contribution is 2.66. The molecule has 1 aromatic carbocycles. The van der Waals surface area contributed by atoms with E-state index in [0.717, 1.165) is 43.0 Å². The Balaban J connectivity index is 1.42. The number of nitrogens with one attached hydrogen (secondary N) is 7. The van der Waals surface area contributed by atoms with E-state index in [2.05, 4.69) is 37.2 Å². The number of carbonyl (C=O) groups is 15. The van der Waals surface area contributed by atoms with E-state index in [0.29, 0.717) is 12.1 Å². The van der Waals surface area contributed by atoms with Gasteiger partial charge in [-0.3, -0.25) is 76.8 Å². The van der Waals surface area contributed by atoms with Crippen LogP contribution in [0, 0.1) is 5.41 Å². The lowest BCUT2D eigenvalue weighted by molar-refractivity contribution is -0.154. The number of hydrogen-bond acceptors (Lipinski definition) is 23. The molecule has 0 saturated carbocycles. The third kappa shape index (κ3) is 25.6. The molecular formula is C54H76N8O20S3. The average Bonchev–Trinajstić information content (AvgIpc) is 3.27. The molecule has 0 bridgehead atoms. The van der Waals surface area contributed by atoms with Gasteiger partial charge in [0.25, 0.3) is 0 Å². The van der Waals surface area contributed by atoms with Crippen LogP contribution in [0.5, 0.6) is 0 Å². The van der Waals surface area contributed by atoms with Crippen LogP contribution in [0.3, 0.4) is 0 Å². The van der Waals surface area contributed by atoms with Crippen molar-refractivity contribution in [1.29, 1.82) is 0 Å². The van der Waals surface area contributed by atoms with Crippen molar-refractivity contribution in [3.05, 3.63) is 29.8 Å². The highest BCUT2D eigenvalue weighted by molar-refractivity contribution is 8.94. The first-order valence-corrected chi connectivity index (χ1v) is 30.5. The van der Waals surface area contributed by atoms with Crippen LogP contribution in [0.4, 0.5) is 5.69 Å². The van der Waals surface area contributed by atoms with Gasteiger partial charge in [-0.1, -0.05) is 33.7 Å². The topological polar surface area (TPSA) is 390 Å². The molecule has 2 aliphatic rings. The first-order valence-electron chi connectivity index (χ1n) is 27.3. The molecule has 2 atom stereocenters. The Hall–Kier alpha value is -6.48. The number of thioether (sulfide) groups is 1. The predicted octanol–water partition coefficient (Wildman–Crippen LogP) is -1.28. The van der Waals surface area contributed by atoms with Crippen molar-refractivity contribution in [3.8, 4) is 0 Å². The highest BCUT2D eigenvalue weighted by atomic mass is 33.2. The third-order valence-corrected chi connectivity index (χ3v) is 17.0. The summed E-state index contributed by atoms with van der Waals surface area (Å²) >= 11 is 1.04. The lowest BCUT2D eigenvalue weighted by atomic mass is 9.72. The Morgan fingerprint density at radius 3 is 1.76 bits per heavy atom. The number of imide groups is 1. The Labute approximate surface area is 503 Å². The minimum absolute atomic E-state index is 0.0139. The van der Waals surface area contributed by atoms with E-state index in [1.165, 1.54) is 35.6 Å². The monoisotopic (exact) mass is 1250 g/mol. The van der Waals surface area contributed by atoms with Crippen molar-refractivity contribution in [2.75, 3.05) is 117 Å². The molecule has 85 heavy (non-hydrogen) atoms. The van der Waals surface area contributed by atoms with Gasteiger partial charge < -0.3 is 60.9 Å². The summed E-state index contributed by atoms with van der Waals surface area (Å²) in [6, 6.07) is 5.35. The SMILES string of the molecule is CNC(=O)CCNC(=O)CCc1ccc(NC(=O)COCC(=O)NC[C@@H](NC(=O)CCSC2CC(=O)N(CCC(=O)NCCOCCOCCC(=O)C3(C(C)=O)SS3)C2=O)C(=O)NCCOCCOCCC(=O)C(C(C)=O)(C(C)=O)C(C)=O)cc1. The van der Waals surface area contributed by atoms with Crippen LogP contribution in [0.15, 0.2) is 24.3 Å². The Kier molecular flexibility index (Phi) is 33.0. The molecule has 0 spiro atoms. The summed E-state index contributed by atoms with van der Waals surface area (Å²) in [7, 11) is 3.98. The fraction of sp³-hybridized carbons (Fsp3) is 0.611. The molecule has 3 rings (SSSR count). The number of nitrogens with zero attached hydrogens (tertiary/aromatic N) is 1. The number of hydrogen-bond donors (Lipinski definition) is 7. The number of carbonyl (C=O) groups excluding carboxylic acids is 15. The first kappa shape index (κ1) is 72.8. The van der Waals surface area contributed by atoms with Crippen molar-refractivity contribution in [3.63, 3.8) is 0 Å². The van der Waals surface area contributed by atoms with Crippen LogP contribution in [-0.2, 0) is 102 Å². The maximum atomic E-state index is 13.4. The molecule has 2 saturated heterocycles. The van der Waals surface area contributed by atoms with Crippen LogP contribution in [-0.4, -0.2) is 220 Å². The smallest absolute Gasteiger partial charge is 0.250 e. The minimum atomic E-state index is -2.38. The van der Waals surface area contributed by atoms with Gasteiger partial charge in [-0.05, 0) is 51.8 Å². The summed E-state index contributed by atoms with van der Waals surface area (Å²) in [4.78, 5) is 188. The number of ketones is 6. The van der Waals surface area contributed by atoms with Gasteiger partial charge in [-0.2, -0.15) is 0 Å². The molecule has 0 aliphatic carbocycles.